The first-order valence-corrected chi connectivity index (χ1v) is 8.64. The number of hydrogen-bond donors (Lipinski definition) is 2. The number of nitrogens with one attached hydrogen (secondary N) is 2. The Balaban J connectivity index is 2.09. The third kappa shape index (κ3) is 3.34. The van der Waals surface area contributed by atoms with E-state index in [1.54, 1.807) is 0 Å². The smallest absolute Gasteiger partial charge is 0.302 e. The first-order valence-electron chi connectivity index (χ1n) is 8.64. The van der Waals surface area contributed by atoms with E-state index in [4.69, 9.17) is 4.74 Å². The molecule has 1 aliphatic heterocycles. The van der Waals surface area contributed by atoms with Crippen LogP contribution in [0.3, 0.4) is 0 Å². The molecule has 0 bridgehead atoms. The minimum absolute atomic E-state index is 0.0409. The number of amides is 1. The number of nitrogens with zero attached hydrogens (tertiary/aromatic N) is 1. The summed E-state index contributed by atoms with van der Waals surface area (Å²) in [5, 5.41) is 4.20. The Morgan fingerprint density at radius 3 is 2.84 bits per heavy atom. The van der Waals surface area contributed by atoms with Crippen LogP contribution in [0.4, 0.5) is 5.69 Å². The maximum absolute atomic E-state index is 12.9. The highest BCUT2D eigenvalue weighted by atomic mass is 16.5. The molecule has 2 unspecified atom stereocenters. The van der Waals surface area contributed by atoms with E-state index in [2.05, 4.69) is 16.4 Å². The fraction of sp³-hybridized carbons (Fsp3) is 0.474. The third-order valence-electron chi connectivity index (χ3n) is 4.76. The van der Waals surface area contributed by atoms with Crippen LogP contribution < -0.4 is 10.2 Å². The van der Waals surface area contributed by atoms with Gasteiger partial charge in [0.25, 0.3) is 0 Å². The van der Waals surface area contributed by atoms with Crippen LogP contribution in [-0.2, 0) is 20.7 Å². The summed E-state index contributed by atoms with van der Waals surface area (Å²) in [5.41, 5.74) is 3.19. The van der Waals surface area contributed by atoms with Crippen molar-refractivity contribution in [2.24, 2.45) is 5.92 Å². The van der Waals surface area contributed by atoms with E-state index in [9.17, 15) is 9.59 Å². The van der Waals surface area contributed by atoms with Crippen molar-refractivity contribution >= 4 is 28.5 Å². The number of ether oxygens (including phenoxy) is 1. The summed E-state index contributed by atoms with van der Waals surface area (Å²) >= 11 is 0. The molecular formula is C19H25N3O3. The monoisotopic (exact) mass is 343 g/mol. The van der Waals surface area contributed by atoms with Gasteiger partial charge < -0.3 is 19.9 Å². The molecule has 134 valence electrons. The van der Waals surface area contributed by atoms with Crippen LogP contribution in [0, 0.1) is 5.92 Å². The zero-order valence-electron chi connectivity index (χ0n) is 15.1. The van der Waals surface area contributed by atoms with Crippen molar-refractivity contribution in [3.8, 4) is 0 Å². The van der Waals surface area contributed by atoms with Gasteiger partial charge in [-0.2, -0.15) is 0 Å². The molecule has 1 amide bonds. The standard InChI is InChI=1S/C19H25N3O3/c1-11(2)18-19(24)21-14(10-25-12(3)23)8-13-9-20-15-6-5-7-16(17(13)15)22(18)4/h5-7,9,11,14,18,20H,8,10H2,1-4H3,(H,21,24). The normalized spacial score (nSPS) is 20.8. The quantitative estimate of drug-likeness (QED) is 0.838. The second-order valence-electron chi connectivity index (χ2n) is 7.03. The lowest BCUT2D eigenvalue weighted by atomic mass is 10.0. The summed E-state index contributed by atoms with van der Waals surface area (Å²) < 4.78 is 5.17. The maximum Gasteiger partial charge on any atom is 0.302 e. The second-order valence-corrected chi connectivity index (χ2v) is 7.03. The lowest BCUT2D eigenvalue weighted by Crippen LogP contribution is -2.52. The van der Waals surface area contributed by atoms with E-state index in [-0.39, 0.29) is 36.5 Å². The summed E-state index contributed by atoms with van der Waals surface area (Å²) in [6.45, 7) is 5.63. The highest BCUT2D eigenvalue weighted by Gasteiger charge is 2.32. The Morgan fingerprint density at radius 2 is 2.16 bits per heavy atom. The van der Waals surface area contributed by atoms with Crippen molar-refractivity contribution in [1.29, 1.82) is 0 Å². The van der Waals surface area contributed by atoms with Gasteiger partial charge in [0.15, 0.2) is 0 Å². The summed E-state index contributed by atoms with van der Waals surface area (Å²) in [4.78, 5) is 29.5. The zero-order valence-corrected chi connectivity index (χ0v) is 15.1. The molecule has 0 spiro atoms. The van der Waals surface area contributed by atoms with Gasteiger partial charge in [0, 0.05) is 36.8 Å². The van der Waals surface area contributed by atoms with Crippen molar-refractivity contribution < 1.29 is 14.3 Å². The molecule has 0 saturated heterocycles. The molecule has 6 heteroatoms. The number of esters is 1. The lowest BCUT2D eigenvalue weighted by Gasteiger charge is -2.32. The molecule has 0 radical (unpaired) electrons. The molecule has 6 nitrogen and oxygen atoms in total. The second kappa shape index (κ2) is 6.78. The summed E-state index contributed by atoms with van der Waals surface area (Å²) in [6, 6.07) is 5.53. The van der Waals surface area contributed by atoms with Crippen LogP contribution in [0.1, 0.15) is 26.3 Å². The molecule has 2 atom stereocenters. The van der Waals surface area contributed by atoms with Gasteiger partial charge in [0.2, 0.25) is 5.91 Å². The van der Waals surface area contributed by atoms with Crippen molar-refractivity contribution in [1.82, 2.24) is 10.3 Å². The maximum atomic E-state index is 12.9. The Kier molecular flexibility index (Phi) is 4.70. The van der Waals surface area contributed by atoms with Crippen LogP contribution in [0.5, 0.6) is 0 Å². The predicted molar refractivity (Wildman–Crippen MR) is 97.6 cm³/mol. The van der Waals surface area contributed by atoms with Crippen LogP contribution in [0.2, 0.25) is 0 Å². The van der Waals surface area contributed by atoms with Crippen molar-refractivity contribution in [2.75, 3.05) is 18.6 Å². The SMILES string of the molecule is CC(=O)OCC1Cc2c[nH]c3cccc(c23)N(C)C(C(C)C)C(=O)N1. The molecule has 1 aliphatic rings. The topological polar surface area (TPSA) is 74.4 Å². The van der Waals surface area contributed by atoms with E-state index in [1.807, 2.05) is 44.1 Å². The van der Waals surface area contributed by atoms with Gasteiger partial charge >= 0.3 is 5.97 Å². The molecule has 2 N–H and O–H groups in total. The Labute approximate surface area is 147 Å². The average Bonchev–Trinajstić information content (AvgIpc) is 2.95. The van der Waals surface area contributed by atoms with Gasteiger partial charge in [-0.25, -0.2) is 0 Å². The largest absolute Gasteiger partial charge is 0.464 e. The number of H-pyrrole nitrogens is 1. The van der Waals surface area contributed by atoms with Crippen LogP contribution in [-0.4, -0.2) is 42.6 Å². The number of aromatic nitrogens is 1. The molecule has 1 aromatic heterocycles. The number of aromatic amines is 1. The van der Waals surface area contributed by atoms with E-state index >= 15 is 0 Å². The molecule has 0 aliphatic carbocycles. The third-order valence-corrected chi connectivity index (χ3v) is 4.76. The first-order chi connectivity index (χ1) is 11.9. The number of carbonyl (C=O) groups is 2. The minimum atomic E-state index is -0.341. The summed E-state index contributed by atoms with van der Waals surface area (Å²) in [7, 11) is 1.96. The van der Waals surface area contributed by atoms with Crippen molar-refractivity contribution in [3.63, 3.8) is 0 Å². The van der Waals surface area contributed by atoms with E-state index in [0.29, 0.717) is 6.42 Å². The van der Waals surface area contributed by atoms with Gasteiger partial charge in [-0.05, 0) is 30.0 Å². The number of benzene rings is 1. The Bertz CT molecular complexity index is 796. The molecule has 3 rings (SSSR count). The first kappa shape index (κ1) is 17.3. The van der Waals surface area contributed by atoms with E-state index in [1.165, 1.54) is 6.92 Å². The van der Waals surface area contributed by atoms with Crippen LogP contribution >= 0.6 is 0 Å². The van der Waals surface area contributed by atoms with E-state index < -0.39 is 0 Å². The van der Waals surface area contributed by atoms with Crippen LogP contribution in [0.25, 0.3) is 10.9 Å². The zero-order chi connectivity index (χ0) is 18.1. The Hall–Kier alpha value is -2.50. The molecule has 2 aromatic rings. The number of anilines is 1. The number of carbonyl (C=O) groups excluding carboxylic acids is 2. The number of hydrogen-bond acceptors (Lipinski definition) is 4. The minimum Gasteiger partial charge on any atom is -0.464 e. The van der Waals surface area contributed by atoms with Crippen LogP contribution in [0.15, 0.2) is 24.4 Å². The fourth-order valence-electron chi connectivity index (χ4n) is 3.69. The van der Waals surface area contributed by atoms with Gasteiger partial charge in [-0.3, -0.25) is 9.59 Å². The lowest BCUT2D eigenvalue weighted by molar-refractivity contribution is -0.142. The number of likely N-dealkylation sites (N-methyl/N-ethyl adjacent to an activating group) is 1. The molecule has 0 fully saturated rings. The Morgan fingerprint density at radius 1 is 1.40 bits per heavy atom. The molecule has 2 heterocycles. The molecular weight excluding hydrogens is 318 g/mol. The average molecular weight is 343 g/mol. The number of rotatable bonds is 3. The summed E-state index contributed by atoms with van der Waals surface area (Å²) in [6.07, 6.45) is 2.58. The molecule has 1 aromatic carbocycles. The highest BCUT2D eigenvalue weighted by molar-refractivity contribution is 5.98. The molecule has 25 heavy (non-hydrogen) atoms. The van der Waals surface area contributed by atoms with Crippen molar-refractivity contribution in [3.05, 3.63) is 30.0 Å². The van der Waals surface area contributed by atoms with Gasteiger partial charge in [0.1, 0.15) is 12.6 Å². The highest BCUT2D eigenvalue weighted by Crippen LogP contribution is 2.33. The fourth-order valence-corrected chi connectivity index (χ4v) is 3.69. The molecule has 0 saturated carbocycles. The van der Waals surface area contributed by atoms with Crippen molar-refractivity contribution in [2.45, 2.75) is 39.3 Å². The predicted octanol–water partition coefficient (Wildman–Crippen LogP) is 2.23. The van der Waals surface area contributed by atoms with Gasteiger partial charge in [-0.1, -0.05) is 19.9 Å². The van der Waals surface area contributed by atoms with Gasteiger partial charge in [-0.15, -0.1) is 0 Å². The van der Waals surface area contributed by atoms with Gasteiger partial charge in [0.05, 0.1) is 6.04 Å². The van der Waals surface area contributed by atoms with E-state index in [0.717, 1.165) is 22.2 Å². The summed E-state index contributed by atoms with van der Waals surface area (Å²) in [5.74, 6) is -0.248.